The van der Waals surface area contributed by atoms with Gasteiger partial charge in [0.05, 0.1) is 4.92 Å². The predicted octanol–water partition coefficient (Wildman–Crippen LogP) is 3.38. The van der Waals surface area contributed by atoms with Crippen LogP contribution in [0.15, 0.2) is 48.5 Å². The smallest absolute Gasteiger partial charge is 0.273 e. The summed E-state index contributed by atoms with van der Waals surface area (Å²) < 4.78 is 5.51. The number of nitrogens with one attached hydrogen (secondary N) is 1. The van der Waals surface area contributed by atoms with Crippen LogP contribution in [0.1, 0.15) is 34.3 Å². The first kappa shape index (κ1) is 18.1. The SMILES string of the molecule is Cc1ccc(C(=O)NCC2(c3ccccc3)CCOCC2)cc1[N+](=O)[O-]. The van der Waals surface area contributed by atoms with Crippen molar-refractivity contribution in [2.75, 3.05) is 19.8 Å². The lowest BCUT2D eigenvalue weighted by molar-refractivity contribution is -0.385. The monoisotopic (exact) mass is 354 g/mol. The molecule has 0 aliphatic carbocycles. The van der Waals surface area contributed by atoms with Crippen LogP contribution in [0, 0.1) is 17.0 Å². The highest BCUT2D eigenvalue weighted by atomic mass is 16.6. The Labute approximate surface area is 152 Å². The number of ether oxygens (including phenoxy) is 1. The molecule has 26 heavy (non-hydrogen) atoms. The van der Waals surface area contributed by atoms with Crippen LogP contribution < -0.4 is 5.32 Å². The fraction of sp³-hybridized carbons (Fsp3) is 0.350. The van der Waals surface area contributed by atoms with E-state index in [9.17, 15) is 14.9 Å². The van der Waals surface area contributed by atoms with Gasteiger partial charge < -0.3 is 10.1 Å². The third kappa shape index (κ3) is 3.75. The van der Waals surface area contributed by atoms with E-state index in [0.717, 1.165) is 12.8 Å². The topological polar surface area (TPSA) is 81.5 Å². The van der Waals surface area contributed by atoms with Crippen LogP contribution in [0.5, 0.6) is 0 Å². The first-order valence-corrected chi connectivity index (χ1v) is 8.68. The third-order valence-electron chi connectivity index (χ3n) is 5.09. The van der Waals surface area contributed by atoms with Crippen molar-refractivity contribution >= 4 is 11.6 Å². The van der Waals surface area contributed by atoms with Crippen LogP contribution in [-0.2, 0) is 10.2 Å². The molecule has 6 nitrogen and oxygen atoms in total. The summed E-state index contributed by atoms with van der Waals surface area (Å²) in [5, 5.41) is 14.1. The molecule has 1 aliphatic rings. The Morgan fingerprint density at radius 1 is 1.19 bits per heavy atom. The molecule has 1 amide bonds. The molecule has 0 radical (unpaired) electrons. The van der Waals surface area contributed by atoms with Crippen molar-refractivity contribution in [1.82, 2.24) is 5.32 Å². The summed E-state index contributed by atoms with van der Waals surface area (Å²) in [5.41, 5.74) is 1.81. The van der Waals surface area contributed by atoms with Gasteiger partial charge in [-0.1, -0.05) is 36.4 Å². The number of nitro groups is 1. The first-order valence-electron chi connectivity index (χ1n) is 8.68. The highest BCUT2D eigenvalue weighted by molar-refractivity contribution is 5.95. The van der Waals surface area contributed by atoms with Crippen LogP contribution >= 0.6 is 0 Å². The van der Waals surface area contributed by atoms with E-state index in [-0.39, 0.29) is 17.0 Å². The Balaban J connectivity index is 1.78. The molecule has 1 heterocycles. The van der Waals surface area contributed by atoms with E-state index < -0.39 is 4.92 Å². The summed E-state index contributed by atoms with van der Waals surface area (Å²) in [6.07, 6.45) is 1.65. The van der Waals surface area contributed by atoms with Crippen molar-refractivity contribution in [2.24, 2.45) is 0 Å². The molecule has 0 unspecified atom stereocenters. The molecule has 0 spiro atoms. The minimum atomic E-state index is -0.462. The number of rotatable bonds is 5. The molecular weight excluding hydrogens is 332 g/mol. The molecule has 0 bridgehead atoms. The minimum Gasteiger partial charge on any atom is -0.381 e. The molecule has 0 saturated carbocycles. The maximum absolute atomic E-state index is 12.6. The second-order valence-corrected chi connectivity index (χ2v) is 6.70. The fourth-order valence-electron chi connectivity index (χ4n) is 3.42. The fourth-order valence-corrected chi connectivity index (χ4v) is 3.42. The molecule has 2 aromatic rings. The van der Waals surface area contributed by atoms with Gasteiger partial charge in [0, 0.05) is 42.4 Å². The van der Waals surface area contributed by atoms with Gasteiger partial charge in [-0.05, 0) is 31.4 Å². The highest BCUT2D eigenvalue weighted by Crippen LogP contribution is 2.34. The van der Waals surface area contributed by atoms with Crippen LogP contribution in [0.25, 0.3) is 0 Å². The van der Waals surface area contributed by atoms with Crippen LogP contribution in [0.3, 0.4) is 0 Å². The summed E-state index contributed by atoms with van der Waals surface area (Å²) in [5.74, 6) is -0.296. The molecule has 1 N–H and O–H groups in total. The van der Waals surface area contributed by atoms with Gasteiger partial charge in [-0.3, -0.25) is 14.9 Å². The van der Waals surface area contributed by atoms with Gasteiger partial charge in [-0.15, -0.1) is 0 Å². The largest absolute Gasteiger partial charge is 0.381 e. The third-order valence-corrected chi connectivity index (χ3v) is 5.09. The zero-order chi connectivity index (χ0) is 18.6. The zero-order valence-electron chi connectivity index (χ0n) is 14.7. The van der Waals surface area contributed by atoms with Crippen LogP contribution in [-0.4, -0.2) is 30.6 Å². The van der Waals surface area contributed by atoms with E-state index in [2.05, 4.69) is 17.4 Å². The summed E-state index contributed by atoms with van der Waals surface area (Å²) in [7, 11) is 0. The summed E-state index contributed by atoms with van der Waals surface area (Å²) in [4.78, 5) is 23.2. The summed E-state index contributed by atoms with van der Waals surface area (Å²) in [6.45, 7) is 3.44. The first-order chi connectivity index (χ1) is 12.5. The van der Waals surface area contributed by atoms with E-state index in [4.69, 9.17) is 4.74 Å². The molecular formula is C20H22N2O4. The van der Waals surface area contributed by atoms with E-state index in [1.807, 2.05) is 18.2 Å². The van der Waals surface area contributed by atoms with Gasteiger partial charge in [-0.25, -0.2) is 0 Å². The second kappa shape index (κ2) is 7.66. The van der Waals surface area contributed by atoms with Crippen molar-refractivity contribution in [1.29, 1.82) is 0 Å². The number of carbonyl (C=O) groups is 1. The van der Waals surface area contributed by atoms with Crippen molar-refractivity contribution < 1.29 is 14.5 Å². The Morgan fingerprint density at radius 3 is 2.54 bits per heavy atom. The zero-order valence-corrected chi connectivity index (χ0v) is 14.7. The molecule has 6 heteroatoms. The molecule has 2 aromatic carbocycles. The Morgan fingerprint density at radius 2 is 1.88 bits per heavy atom. The molecule has 1 aliphatic heterocycles. The number of amides is 1. The van der Waals surface area contributed by atoms with Gasteiger partial charge in [0.25, 0.3) is 11.6 Å². The van der Waals surface area contributed by atoms with E-state index >= 15 is 0 Å². The Kier molecular flexibility index (Phi) is 5.32. The van der Waals surface area contributed by atoms with Gasteiger partial charge in [0.2, 0.25) is 0 Å². The van der Waals surface area contributed by atoms with Crippen molar-refractivity contribution in [3.05, 3.63) is 75.3 Å². The minimum absolute atomic E-state index is 0.0403. The lowest BCUT2D eigenvalue weighted by Crippen LogP contribution is -2.44. The van der Waals surface area contributed by atoms with E-state index in [1.165, 1.54) is 11.6 Å². The van der Waals surface area contributed by atoms with Crippen LogP contribution in [0.4, 0.5) is 5.69 Å². The molecule has 136 valence electrons. The maximum atomic E-state index is 12.6. The second-order valence-electron chi connectivity index (χ2n) is 6.70. The number of carbonyl (C=O) groups excluding carboxylic acids is 1. The Hall–Kier alpha value is -2.73. The molecule has 0 atom stereocenters. The van der Waals surface area contributed by atoms with Gasteiger partial charge in [0.1, 0.15) is 0 Å². The van der Waals surface area contributed by atoms with Crippen LogP contribution in [0.2, 0.25) is 0 Å². The number of hydrogen-bond acceptors (Lipinski definition) is 4. The number of aryl methyl sites for hydroxylation is 1. The van der Waals surface area contributed by atoms with E-state index in [1.54, 1.807) is 19.1 Å². The standard InChI is InChI=1S/C20H22N2O4/c1-15-7-8-16(13-18(15)22(24)25)19(23)21-14-20(9-11-26-12-10-20)17-5-3-2-4-6-17/h2-8,13H,9-12,14H2,1H3,(H,21,23). The molecule has 3 rings (SSSR count). The molecule has 0 aromatic heterocycles. The molecule has 1 saturated heterocycles. The number of nitro benzene ring substituents is 1. The van der Waals surface area contributed by atoms with E-state index in [0.29, 0.717) is 30.9 Å². The average Bonchev–Trinajstić information content (AvgIpc) is 2.67. The van der Waals surface area contributed by atoms with Gasteiger partial charge in [-0.2, -0.15) is 0 Å². The molecule has 1 fully saturated rings. The van der Waals surface area contributed by atoms with Gasteiger partial charge >= 0.3 is 0 Å². The number of hydrogen-bond donors (Lipinski definition) is 1. The number of benzene rings is 2. The maximum Gasteiger partial charge on any atom is 0.273 e. The van der Waals surface area contributed by atoms with Crippen molar-refractivity contribution in [2.45, 2.75) is 25.2 Å². The highest BCUT2D eigenvalue weighted by Gasteiger charge is 2.34. The quantitative estimate of drug-likeness (QED) is 0.659. The Bertz CT molecular complexity index is 799. The lowest BCUT2D eigenvalue weighted by Gasteiger charge is -2.38. The predicted molar refractivity (Wildman–Crippen MR) is 98.3 cm³/mol. The summed E-state index contributed by atoms with van der Waals surface area (Å²) >= 11 is 0. The normalized spacial score (nSPS) is 16.0. The average molecular weight is 354 g/mol. The van der Waals surface area contributed by atoms with Gasteiger partial charge in [0.15, 0.2) is 0 Å². The van der Waals surface area contributed by atoms with Crippen molar-refractivity contribution in [3.63, 3.8) is 0 Å². The van der Waals surface area contributed by atoms with Crippen molar-refractivity contribution in [3.8, 4) is 0 Å². The lowest BCUT2D eigenvalue weighted by atomic mass is 9.74. The summed E-state index contributed by atoms with van der Waals surface area (Å²) in [6, 6.07) is 14.7. The number of nitrogens with zero attached hydrogens (tertiary/aromatic N) is 1.